The molecule has 0 bridgehead atoms. The second kappa shape index (κ2) is 8.41. The molecule has 11 heteroatoms. The predicted octanol–water partition coefficient (Wildman–Crippen LogP) is -1.15. The van der Waals surface area contributed by atoms with Gasteiger partial charge in [-0.05, 0) is 6.07 Å². The third kappa shape index (κ3) is 6.11. The van der Waals surface area contributed by atoms with Crippen molar-refractivity contribution in [2.45, 2.75) is 19.1 Å². The monoisotopic (exact) mass is 374 g/mol. The molecule has 2 heterocycles. The quantitative estimate of drug-likeness (QED) is 0.609. The zero-order valence-electron chi connectivity index (χ0n) is 13.9. The van der Waals surface area contributed by atoms with Crippen LogP contribution in [-0.4, -0.2) is 89.5 Å². The van der Waals surface area contributed by atoms with E-state index in [0.29, 0.717) is 13.1 Å². The minimum atomic E-state index is -3.68. The summed E-state index contributed by atoms with van der Waals surface area (Å²) in [6.07, 6.45) is 4.07. The van der Waals surface area contributed by atoms with E-state index in [-0.39, 0.29) is 32.0 Å². The summed E-state index contributed by atoms with van der Waals surface area (Å²) in [7, 11) is -3.68. The lowest BCUT2D eigenvalue weighted by Gasteiger charge is -2.35. The van der Waals surface area contributed by atoms with E-state index in [1.54, 1.807) is 28.0 Å². The third-order valence-electron chi connectivity index (χ3n) is 3.79. The average molecular weight is 374 g/mol. The molecule has 0 radical (unpaired) electrons. The van der Waals surface area contributed by atoms with Gasteiger partial charge in [0.2, 0.25) is 15.9 Å². The average Bonchev–Trinajstić information content (AvgIpc) is 3.04. The Labute approximate surface area is 146 Å². The number of amides is 1. The van der Waals surface area contributed by atoms with Gasteiger partial charge in [-0.15, -0.1) is 0 Å². The molecule has 25 heavy (non-hydrogen) atoms. The molecule has 1 aliphatic rings. The lowest BCUT2D eigenvalue weighted by Crippen LogP contribution is -2.51. The van der Waals surface area contributed by atoms with Crippen molar-refractivity contribution in [2.75, 3.05) is 39.0 Å². The van der Waals surface area contributed by atoms with Gasteiger partial charge >= 0.3 is 5.97 Å². The van der Waals surface area contributed by atoms with Crippen LogP contribution >= 0.6 is 0 Å². The number of ether oxygens (including phenoxy) is 1. The molecule has 1 aliphatic heterocycles. The zero-order chi connectivity index (χ0) is 18.4. The minimum Gasteiger partial charge on any atom is -0.480 e. The SMILES string of the molecule is CS(=O)(=O)N(CC(=O)O)C[C@H]1CN(C(=O)CCn2cccn2)CCO1. The van der Waals surface area contributed by atoms with E-state index >= 15 is 0 Å². The number of carbonyl (C=O) groups is 2. The van der Waals surface area contributed by atoms with Crippen molar-refractivity contribution in [2.24, 2.45) is 0 Å². The van der Waals surface area contributed by atoms with Gasteiger partial charge in [0.15, 0.2) is 0 Å². The second-order valence-electron chi connectivity index (χ2n) is 5.80. The number of carboxylic acid groups (broad SMARTS) is 1. The number of sulfonamides is 1. The van der Waals surface area contributed by atoms with Crippen molar-refractivity contribution >= 4 is 21.9 Å². The van der Waals surface area contributed by atoms with Gasteiger partial charge in [0.05, 0.1) is 19.0 Å². The Morgan fingerprint density at radius 3 is 2.80 bits per heavy atom. The first-order chi connectivity index (χ1) is 11.8. The molecule has 1 fully saturated rings. The number of carbonyl (C=O) groups excluding carboxylic acids is 1. The standard InChI is InChI=1S/C14H22N4O6S/c1-25(22,23)18(11-14(20)21)10-12-9-16(7-8-24-12)13(19)3-6-17-5-2-4-15-17/h2,4-5,12H,3,6-11H2,1H3,(H,20,21)/t12-/m1/s1. The molecule has 2 rings (SSSR count). The summed E-state index contributed by atoms with van der Waals surface area (Å²) in [6.45, 7) is 0.654. The van der Waals surface area contributed by atoms with Crippen molar-refractivity contribution in [1.82, 2.24) is 19.0 Å². The maximum Gasteiger partial charge on any atom is 0.318 e. The van der Waals surface area contributed by atoms with E-state index in [1.165, 1.54) is 0 Å². The summed E-state index contributed by atoms with van der Waals surface area (Å²) in [5, 5.41) is 12.9. The highest BCUT2D eigenvalue weighted by molar-refractivity contribution is 7.88. The Morgan fingerprint density at radius 2 is 2.20 bits per heavy atom. The molecule has 0 spiro atoms. The molecule has 0 aromatic carbocycles. The number of nitrogens with zero attached hydrogens (tertiary/aromatic N) is 4. The Hall–Kier alpha value is -1.98. The second-order valence-corrected chi connectivity index (χ2v) is 7.78. The summed E-state index contributed by atoms with van der Waals surface area (Å²) >= 11 is 0. The highest BCUT2D eigenvalue weighted by Crippen LogP contribution is 2.11. The Balaban J connectivity index is 1.90. The van der Waals surface area contributed by atoms with Crippen LogP contribution in [0.25, 0.3) is 0 Å². The van der Waals surface area contributed by atoms with Gasteiger partial charge in [0.1, 0.15) is 6.54 Å². The van der Waals surface area contributed by atoms with Crippen LogP contribution in [0.5, 0.6) is 0 Å². The highest BCUT2D eigenvalue weighted by Gasteiger charge is 2.29. The van der Waals surface area contributed by atoms with Crippen LogP contribution in [0.3, 0.4) is 0 Å². The molecular weight excluding hydrogens is 352 g/mol. The number of morpholine rings is 1. The molecule has 1 aromatic rings. The number of aryl methyl sites for hydroxylation is 1. The van der Waals surface area contributed by atoms with Crippen LogP contribution in [0.4, 0.5) is 0 Å². The number of hydrogen-bond acceptors (Lipinski definition) is 6. The number of aliphatic carboxylic acids is 1. The van der Waals surface area contributed by atoms with Gasteiger partial charge in [0.25, 0.3) is 0 Å². The third-order valence-corrected chi connectivity index (χ3v) is 5.01. The van der Waals surface area contributed by atoms with Gasteiger partial charge in [-0.25, -0.2) is 8.42 Å². The van der Waals surface area contributed by atoms with Crippen LogP contribution < -0.4 is 0 Å². The largest absolute Gasteiger partial charge is 0.480 e. The maximum absolute atomic E-state index is 12.3. The molecule has 0 aliphatic carbocycles. The fourth-order valence-corrected chi connectivity index (χ4v) is 3.33. The molecular formula is C14H22N4O6S. The van der Waals surface area contributed by atoms with Gasteiger partial charge < -0.3 is 14.7 Å². The van der Waals surface area contributed by atoms with Crippen LogP contribution in [0.15, 0.2) is 18.5 Å². The summed E-state index contributed by atoms with van der Waals surface area (Å²) in [4.78, 5) is 24.8. The summed E-state index contributed by atoms with van der Waals surface area (Å²) in [5.41, 5.74) is 0. The van der Waals surface area contributed by atoms with E-state index in [1.807, 2.05) is 0 Å². The first-order valence-electron chi connectivity index (χ1n) is 7.79. The molecule has 0 unspecified atom stereocenters. The summed E-state index contributed by atoms with van der Waals surface area (Å²) in [6, 6.07) is 1.78. The van der Waals surface area contributed by atoms with Crippen LogP contribution in [0.1, 0.15) is 6.42 Å². The summed E-state index contributed by atoms with van der Waals surface area (Å²) < 4.78 is 31.4. The molecule has 140 valence electrons. The molecule has 1 amide bonds. The first kappa shape index (κ1) is 19.3. The predicted molar refractivity (Wildman–Crippen MR) is 87.2 cm³/mol. The van der Waals surface area contributed by atoms with Crippen LogP contribution in [0, 0.1) is 0 Å². The van der Waals surface area contributed by atoms with Gasteiger partial charge in [-0.3, -0.25) is 14.3 Å². The van der Waals surface area contributed by atoms with Crippen LogP contribution in [-0.2, 0) is 30.9 Å². The molecule has 1 saturated heterocycles. The zero-order valence-corrected chi connectivity index (χ0v) is 14.8. The first-order valence-corrected chi connectivity index (χ1v) is 9.64. The number of carboxylic acids is 1. The lowest BCUT2D eigenvalue weighted by atomic mass is 10.2. The van der Waals surface area contributed by atoms with Crippen molar-refractivity contribution in [3.8, 4) is 0 Å². The van der Waals surface area contributed by atoms with Crippen molar-refractivity contribution in [3.05, 3.63) is 18.5 Å². The fourth-order valence-electron chi connectivity index (χ4n) is 2.55. The van der Waals surface area contributed by atoms with Crippen molar-refractivity contribution in [1.29, 1.82) is 0 Å². The minimum absolute atomic E-state index is 0.0760. The smallest absolute Gasteiger partial charge is 0.318 e. The molecule has 1 aromatic heterocycles. The Bertz CT molecular complexity index is 690. The van der Waals surface area contributed by atoms with Crippen molar-refractivity contribution < 1.29 is 27.9 Å². The Morgan fingerprint density at radius 1 is 1.44 bits per heavy atom. The number of hydrogen-bond donors (Lipinski definition) is 1. The van der Waals surface area contributed by atoms with E-state index < -0.39 is 28.6 Å². The van der Waals surface area contributed by atoms with Crippen LogP contribution in [0.2, 0.25) is 0 Å². The molecule has 1 atom stereocenters. The lowest BCUT2D eigenvalue weighted by molar-refractivity contribution is -0.141. The molecule has 10 nitrogen and oxygen atoms in total. The van der Waals surface area contributed by atoms with E-state index in [9.17, 15) is 18.0 Å². The summed E-state index contributed by atoms with van der Waals surface area (Å²) in [5.74, 6) is -1.32. The van der Waals surface area contributed by atoms with Gasteiger partial charge in [-0.1, -0.05) is 0 Å². The Kier molecular flexibility index (Phi) is 6.51. The fraction of sp³-hybridized carbons (Fsp3) is 0.643. The van der Waals surface area contributed by atoms with Gasteiger partial charge in [-0.2, -0.15) is 9.40 Å². The normalized spacial score (nSPS) is 18.5. The number of aromatic nitrogens is 2. The van der Waals surface area contributed by atoms with Crippen molar-refractivity contribution in [3.63, 3.8) is 0 Å². The maximum atomic E-state index is 12.3. The van der Waals surface area contributed by atoms with E-state index in [4.69, 9.17) is 9.84 Å². The number of rotatable bonds is 8. The van der Waals surface area contributed by atoms with E-state index in [2.05, 4.69) is 5.10 Å². The topological polar surface area (TPSA) is 122 Å². The van der Waals surface area contributed by atoms with Gasteiger partial charge in [0, 0.05) is 45.0 Å². The molecule has 0 saturated carbocycles. The molecule has 1 N–H and O–H groups in total. The van der Waals surface area contributed by atoms with E-state index in [0.717, 1.165) is 10.6 Å². The highest BCUT2D eigenvalue weighted by atomic mass is 32.2.